The van der Waals surface area contributed by atoms with Gasteiger partial charge in [-0.25, -0.2) is 0 Å². The second-order valence-electron chi connectivity index (χ2n) is 9.61. The molecule has 0 bridgehead atoms. The van der Waals surface area contributed by atoms with Crippen LogP contribution in [-0.2, 0) is 4.79 Å². The Kier molecular flexibility index (Phi) is 4.25. The molecule has 0 spiro atoms. The van der Waals surface area contributed by atoms with Gasteiger partial charge >= 0.3 is 0 Å². The van der Waals surface area contributed by atoms with Gasteiger partial charge in [-0.1, -0.05) is 56.3 Å². The number of ketones is 1. The van der Waals surface area contributed by atoms with Crippen molar-refractivity contribution in [3.05, 3.63) is 77.4 Å². The van der Waals surface area contributed by atoms with Gasteiger partial charge in [-0.05, 0) is 51.9 Å². The highest BCUT2D eigenvalue weighted by Crippen LogP contribution is 2.51. The van der Waals surface area contributed by atoms with E-state index in [2.05, 4.69) is 98.8 Å². The smallest absolute Gasteiger partial charge is 0.164 e. The van der Waals surface area contributed by atoms with E-state index in [1.54, 1.807) is 0 Å². The Morgan fingerprint density at radius 2 is 1.67 bits per heavy atom. The molecule has 1 N–H and O–H groups in total. The molecule has 3 aromatic rings. The van der Waals surface area contributed by atoms with Gasteiger partial charge in [0.05, 0.1) is 6.04 Å². The van der Waals surface area contributed by atoms with Gasteiger partial charge in [0, 0.05) is 43.0 Å². The van der Waals surface area contributed by atoms with Crippen LogP contribution in [-0.4, -0.2) is 19.9 Å². The molecule has 2 aliphatic rings. The van der Waals surface area contributed by atoms with Crippen LogP contribution in [0, 0.1) is 5.41 Å². The maximum atomic E-state index is 13.5. The maximum Gasteiger partial charge on any atom is 0.164 e. The Morgan fingerprint density at radius 3 is 2.40 bits per heavy atom. The highest BCUT2D eigenvalue weighted by atomic mass is 16.1. The Labute approximate surface area is 178 Å². The van der Waals surface area contributed by atoms with E-state index in [1.165, 1.54) is 22.2 Å². The highest BCUT2D eigenvalue weighted by Gasteiger charge is 2.40. The van der Waals surface area contributed by atoms with Crippen LogP contribution in [0.2, 0.25) is 0 Å². The fraction of sp³-hybridized carbons (Fsp3) is 0.296. The monoisotopic (exact) mass is 396 g/mol. The summed E-state index contributed by atoms with van der Waals surface area (Å²) in [6.07, 6.45) is 1.52. The van der Waals surface area contributed by atoms with E-state index < -0.39 is 0 Å². The molecule has 1 atom stereocenters. The number of hydrogen-bond acceptors (Lipinski definition) is 3. The van der Waals surface area contributed by atoms with Crippen LogP contribution in [0.5, 0.6) is 0 Å². The zero-order valence-corrected chi connectivity index (χ0v) is 18.1. The zero-order chi connectivity index (χ0) is 21.0. The van der Waals surface area contributed by atoms with Crippen molar-refractivity contribution in [3.63, 3.8) is 0 Å². The Morgan fingerprint density at radius 1 is 0.933 bits per heavy atom. The van der Waals surface area contributed by atoms with Gasteiger partial charge in [-0.2, -0.15) is 0 Å². The molecule has 3 aromatic carbocycles. The Balaban J connectivity index is 1.73. The predicted octanol–water partition coefficient (Wildman–Crippen LogP) is 6.22. The largest absolute Gasteiger partial charge is 0.378 e. The van der Waals surface area contributed by atoms with Crippen molar-refractivity contribution in [2.24, 2.45) is 5.41 Å². The molecule has 0 fully saturated rings. The van der Waals surface area contributed by atoms with Gasteiger partial charge in [0.25, 0.3) is 0 Å². The number of anilines is 2. The van der Waals surface area contributed by atoms with E-state index in [9.17, 15) is 4.79 Å². The fourth-order valence-corrected chi connectivity index (χ4v) is 5.07. The molecule has 0 saturated carbocycles. The molecule has 152 valence electrons. The molecule has 5 rings (SSSR count). The van der Waals surface area contributed by atoms with Gasteiger partial charge in [-0.15, -0.1) is 0 Å². The van der Waals surface area contributed by atoms with Gasteiger partial charge < -0.3 is 10.2 Å². The first-order valence-corrected chi connectivity index (χ1v) is 10.7. The van der Waals surface area contributed by atoms with Gasteiger partial charge in [0.1, 0.15) is 0 Å². The first-order chi connectivity index (χ1) is 14.3. The number of allylic oxidation sites excluding steroid dienone is 1. The molecule has 0 saturated heterocycles. The van der Waals surface area contributed by atoms with Crippen molar-refractivity contribution in [1.82, 2.24) is 0 Å². The zero-order valence-electron chi connectivity index (χ0n) is 18.1. The molecule has 1 aliphatic heterocycles. The minimum atomic E-state index is -0.0263. The number of carbonyl (C=O) groups excluding carboxylic acids is 1. The van der Waals surface area contributed by atoms with Crippen molar-refractivity contribution in [1.29, 1.82) is 0 Å². The van der Waals surface area contributed by atoms with Crippen molar-refractivity contribution in [3.8, 4) is 0 Å². The topological polar surface area (TPSA) is 32.3 Å². The van der Waals surface area contributed by atoms with E-state index in [0.29, 0.717) is 6.42 Å². The molecule has 1 aliphatic carbocycles. The predicted molar refractivity (Wildman–Crippen MR) is 126 cm³/mol. The van der Waals surface area contributed by atoms with Gasteiger partial charge in [0.15, 0.2) is 5.78 Å². The normalized spacial score (nSPS) is 19.9. The van der Waals surface area contributed by atoms with Gasteiger partial charge in [-0.3, -0.25) is 4.79 Å². The third-order valence-corrected chi connectivity index (χ3v) is 6.48. The molecule has 30 heavy (non-hydrogen) atoms. The van der Waals surface area contributed by atoms with E-state index in [-0.39, 0.29) is 17.2 Å². The quantitative estimate of drug-likeness (QED) is 0.558. The van der Waals surface area contributed by atoms with E-state index >= 15 is 0 Å². The summed E-state index contributed by atoms with van der Waals surface area (Å²) >= 11 is 0. The number of carbonyl (C=O) groups is 1. The van der Waals surface area contributed by atoms with E-state index in [4.69, 9.17) is 0 Å². The molecule has 1 heterocycles. The van der Waals surface area contributed by atoms with Crippen LogP contribution in [0.1, 0.15) is 43.9 Å². The van der Waals surface area contributed by atoms with Crippen molar-refractivity contribution < 1.29 is 4.79 Å². The van der Waals surface area contributed by atoms with Crippen LogP contribution >= 0.6 is 0 Å². The summed E-state index contributed by atoms with van der Waals surface area (Å²) < 4.78 is 0. The van der Waals surface area contributed by atoms with Crippen LogP contribution in [0.25, 0.3) is 16.3 Å². The third-order valence-electron chi connectivity index (χ3n) is 6.48. The third kappa shape index (κ3) is 3.00. The molecule has 0 amide bonds. The van der Waals surface area contributed by atoms with Crippen molar-refractivity contribution in [2.75, 3.05) is 24.3 Å². The SMILES string of the molecule is CN(C)c1ccc(C2Nc3ccc4ccccc4c3C3=C2CC(C)(C)CC3=O)cc1. The molecule has 0 aromatic heterocycles. The number of fused-ring (bicyclic) bond motifs is 4. The lowest BCUT2D eigenvalue weighted by Gasteiger charge is -2.40. The molecular weight excluding hydrogens is 368 g/mol. The van der Waals surface area contributed by atoms with Crippen molar-refractivity contribution in [2.45, 2.75) is 32.7 Å². The summed E-state index contributed by atoms with van der Waals surface area (Å²) in [6, 6.07) is 21.4. The number of hydrogen-bond donors (Lipinski definition) is 1. The van der Waals surface area contributed by atoms with Gasteiger partial charge in [0.2, 0.25) is 0 Å². The second kappa shape index (κ2) is 6.73. The summed E-state index contributed by atoms with van der Waals surface area (Å²) in [4.78, 5) is 15.6. The van der Waals surface area contributed by atoms with Crippen LogP contribution in [0.3, 0.4) is 0 Å². The number of benzene rings is 3. The van der Waals surface area contributed by atoms with Crippen LogP contribution in [0.4, 0.5) is 11.4 Å². The molecule has 3 nitrogen and oxygen atoms in total. The number of Topliss-reactive ketones (excluding diaryl/α,β-unsaturated/α-hetero) is 1. The van der Waals surface area contributed by atoms with E-state index in [1.807, 2.05) is 0 Å². The number of rotatable bonds is 2. The van der Waals surface area contributed by atoms with Crippen molar-refractivity contribution >= 4 is 33.5 Å². The minimum Gasteiger partial charge on any atom is -0.378 e. The lowest BCUT2D eigenvalue weighted by atomic mass is 9.68. The summed E-state index contributed by atoms with van der Waals surface area (Å²) in [6.45, 7) is 4.42. The molecule has 1 unspecified atom stereocenters. The first kappa shape index (κ1) is 18.9. The maximum absolute atomic E-state index is 13.5. The number of nitrogens with one attached hydrogen (secondary N) is 1. The lowest BCUT2D eigenvalue weighted by Crippen LogP contribution is -2.32. The minimum absolute atomic E-state index is 0.0217. The van der Waals surface area contributed by atoms with Crippen LogP contribution < -0.4 is 10.2 Å². The van der Waals surface area contributed by atoms with E-state index in [0.717, 1.165) is 28.6 Å². The second-order valence-corrected chi connectivity index (χ2v) is 9.61. The highest BCUT2D eigenvalue weighted by molar-refractivity contribution is 6.28. The summed E-state index contributed by atoms with van der Waals surface area (Å²) in [7, 11) is 4.11. The summed E-state index contributed by atoms with van der Waals surface area (Å²) in [5, 5.41) is 6.12. The molecular formula is C27H28N2O. The Hall–Kier alpha value is -3.07. The van der Waals surface area contributed by atoms with Crippen LogP contribution in [0.15, 0.2) is 66.2 Å². The molecule has 3 heteroatoms. The fourth-order valence-electron chi connectivity index (χ4n) is 5.07. The summed E-state index contributed by atoms with van der Waals surface area (Å²) in [5.74, 6) is 0.273. The summed E-state index contributed by atoms with van der Waals surface area (Å²) in [5.41, 5.74) is 6.68. The average molecular weight is 397 g/mol. The average Bonchev–Trinajstić information content (AvgIpc) is 2.72. The standard InChI is InChI=1S/C27H28N2O/c1-27(2)15-21-25(23(30)16-27)24-20-8-6-5-7-17(20)11-14-22(24)28-26(21)18-9-12-19(13-10-18)29(3)4/h5-14,26,28H,15-16H2,1-4H3. The Bertz CT molecular complexity index is 1190. The number of nitrogens with zero attached hydrogens (tertiary/aromatic N) is 1. The lowest BCUT2D eigenvalue weighted by molar-refractivity contribution is -0.116. The molecule has 0 radical (unpaired) electrons. The first-order valence-electron chi connectivity index (χ1n) is 10.7.